The fourth-order valence-corrected chi connectivity index (χ4v) is 4.98. The molecule has 0 spiro atoms. The predicted molar refractivity (Wildman–Crippen MR) is 139 cm³/mol. The monoisotopic (exact) mass is 490 g/mol. The molecular weight excluding hydrogens is 467 g/mol. The normalized spacial score (nSPS) is 17.9. The third kappa shape index (κ3) is 4.08. The second kappa shape index (κ2) is 9.20. The Hall–Kier alpha value is -3.22. The minimum absolute atomic E-state index is 0.0830. The number of pyridine rings is 1. The van der Waals surface area contributed by atoms with Crippen molar-refractivity contribution in [3.63, 3.8) is 0 Å². The molecule has 0 unspecified atom stereocenters. The number of anilines is 1. The first-order valence-corrected chi connectivity index (χ1v) is 12.0. The summed E-state index contributed by atoms with van der Waals surface area (Å²) in [5.74, 6) is -0.00344. The Morgan fingerprint density at radius 1 is 1.00 bits per heavy atom. The van der Waals surface area contributed by atoms with Crippen LogP contribution < -0.4 is 10.2 Å². The van der Waals surface area contributed by atoms with Gasteiger partial charge in [0.15, 0.2) is 5.11 Å². The van der Waals surface area contributed by atoms with Crippen LogP contribution in [0.3, 0.4) is 0 Å². The Kier molecular flexibility index (Phi) is 6.11. The number of benzene rings is 2. The zero-order valence-corrected chi connectivity index (χ0v) is 20.4. The molecule has 4 nitrogen and oxygen atoms in total. The van der Waals surface area contributed by atoms with Crippen molar-refractivity contribution >= 4 is 34.6 Å². The van der Waals surface area contributed by atoms with Crippen molar-refractivity contribution < 1.29 is 4.39 Å². The van der Waals surface area contributed by atoms with Gasteiger partial charge in [-0.25, -0.2) is 4.39 Å². The molecule has 1 aliphatic heterocycles. The van der Waals surface area contributed by atoms with Crippen LogP contribution in [0.4, 0.5) is 10.1 Å². The van der Waals surface area contributed by atoms with E-state index in [0.717, 1.165) is 22.8 Å². The molecule has 1 aliphatic rings. The Bertz CT molecular complexity index is 1320. The van der Waals surface area contributed by atoms with Gasteiger partial charge >= 0.3 is 0 Å². The number of nitrogens with zero attached hydrogens (tertiary/aromatic N) is 3. The van der Waals surface area contributed by atoms with Gasteiger partial charge in [0, 0.05) is 29.5 Å². The van der Waals surface area contributed by atoms with Crippen LogP contribution >= 0.6 is 23.8 Å². The van der Waals surface area contributed by atoms with Gasteiger partial charge in [0.25, 0.3) is 0 Å². The Labute approximate surface area is 209 Å². The van der Waals surface area contributed by atoms with E-state index in [9.17, 15) is 4.39 Å². The van der Waals surface area contributed by atoms with Gasteiger partial charge in [0.05, 0.1) is 16.8 Å². The average molecular weight is 491 g/mol. The Balaban J connectivity index is 1.64. The minimum Gasteiger partial charge on any atom is -0.351 e. The largest absolute Gasteiger partial charge is 0.351 e. The molecule has 7 heteroatoms. The number of halogens is 2. The van der Waals surface area contributed by atoms with Gasteiger partial charge in [0.2, 0.25) is 0 Å². The van der Waals surface area contributed by atoms with Crippen LogP contribution in [-0.4, -0.2) is 14.7 Å². The number of nitrogens with one attached hydrogen (secondary N) is 1. The van der Waals surface area contributed by atoms with Gasteiger partial charge in [-0.15, -0.1) is 0 Å². The summed E-state index contributed by atoms with van der Waals surface area (Å²) in [6.45, 7) is 4.36. The van der Waals surface area contributed by atoms with E-state index >= 15 is 0 Å². The van der Waals surface area contributed by atoms with Gasteiger partial charge in [-0.3, -0.25) is 4.98 Å². The van der Waals surface area contributed by atoms with E-state index in [1.807, 2.05) is 35.0 Å². The second-order valence-electron chi connectivity index (χ2n) is 8.64. The zero-order valence-electron chi connectivity index (χ0n) is 18.8. The maximum absolute atomic E-state index is 13.9. The molecule has 4 aromatic rings. The number of rotatable bonds is 5. The summed E-state index contributed by atoms with van der Waals surface area (Å²) in [6, 6.07) is 22.8. The summed E-state index contributed by atoms with van der Waals surface area (Å²) in [6.07, 6.45) is 3.74. The summed E-state index contributed by atoms with van der Waals surface area (Å²) >= 11 is 12.0. The van der Waals surface area contributed by atoms with Crippen molar-refractivity contribution in [2.24, 2.45) is 0 Å². The lowest BCUT2D eigenvalue weighted by atomic mass is 9.99. The lowest BCUT2D eigenvalue weighted by Crippen LogP contribution is -2.30. The predicted octanol–water partition coefficient (Wildman–Crippen LogP) is 6.97. The smallest absolute Gasteiger partial charge is 0.174 e. The number of aromatic nitrogens is 2. The lowest BCUT2D eigenvalue weighted by Gasteiger charge is -2.29. The van der Waals surface area contributed by atoms with Crippen LogP contribution in [0.25, 0.3) is 5.69 Å². The molecule has 0 saturated carbocycles. The van der Waals surface area contributed by atoms with E-state index in [-0.39, 0.29) is 17.1 Å². The van der Waals surface area contributed by atoms with E-state index in [0.29, 0.717) is 11.0 Å². The van der Waals surface area contributed by atoms with Crippen LogP contribution in [0.1, 0.15) is 48.8 Å². The van der Waals surface area contributed by atoms with Crippen molar-refractivity contribution in [2.75, 3.05) is 4.90 Å². The summed E-state index contributed by atoms with van der Waals surface area (Å²) in [5.41, 5.74) is 4.91. The topological polar surface area (TPSA) is 33.1 Å². The van der Waals surface area contributed by atoms with Gasteiger partial charge in [0.1, 0.15) is 11.9 Å². The quantitative estimate of drug-likeness (QED) is 0.306. The molecule has 0 amide bonds. The van der Waals surface area contributed by atoms with Crippen molar-refractivity contribution in [2.45, 2.75) is 31.8 Å². The highest BCUT2D eigenvalue weighted by molar-refractivity contribution is 7.80. The molecule has 2 aromatic carbocycles. The molecule has 0 radical (unpaired) electrons. The number of hydrogen-bond acceptors (Lipinski definition) is 2. The maximum atomic E-state index is 13.9. The van der Waals surface area contributed by atoms with E-state index in [2.05, 4.69) is 59.4 Å². The first-order chi connectivity index (χ1) is 16.4. The molecule has 1 saturated heterocycles. The van der Waals surface area contributed by atoms with Crippen LogP contribution in [0.2, 0.25) is 5.02 Å². The van der Waals surface area contributed by atoms with Crippen molar-refractivity contribution in [1.29, 1.82) is 0 Å². The fraction of sp³-hybridized carbons (Fsp3) is 0.185. The zero-order chi connectivity index (χ0) is 23.8. The molecule has 5 rings (SSSR count). The highest BCUT2D eigenvalue weighted by Crippen LogP contribution is 2.42. The van der Waals surface area contributed by atoms with Crippen molar-refractivity contribution in [3.05, 3.63) is 113 Å². The Morgan fingerprint density at radius 3 is 2.44 bits per heavy atom. The van der Waals surface area contributed by atoms with Crippen LogP contribution in [0.15, 0.2) is 85.2 Å². The van der Waals surface area contributed by atoms with Crippen LogP contribution in [0.5, 0.6) is 0 Å². The first kappa shape index (κ1) is 22.6. The molecule has 34 heavy (non-hydrogen) atoms. The SMILES string of the molecule is CC(C)c1ccc(N2C(=S)N[C@H](c3ccccn3)[C@@H]2c2cccn2-c2ccc(F)c(Cl)c2)cc1. The molecule has 172 valence electrons. The lowest BCUT2D eigenvalue weighted by molar-refractivity contribution is 0.549. The van der Waals surface area contributed by atoms with E-state index in [4.69, 9.17) is 23.8 Å². The van der Waals surface area contributed by atoms with Gasteiger partial charge in [-0.2, -0.15) is 0 Å². The van der Waals surface area contributed by atoms with E-state index in [1.54, 1.807) is 18.3 Å². The second-order valence-corrected chi connectivity index (χ2v) is 9.44. The van der Waals surface area contributed by atoms with E-state index in [1.165, 1.54) is 11.6 Å². The third-order valence-electron chi connectivity index (χ3n) is 6.20. The molecular formula is C27H24ClFN4S. The molecule has 1 N–H and O–H groups in total. The van der Waals surface area contributed by atoms with E-state index < -0.39 is 5.82 Å². The summed E-state index contributed by atoms with van der Waals surface area (Å²) in [7, 11) is 0. The first-order valence-electron chi connectivity index (χ1n) is 11.2. The molecule has 0 bridgehead atoms. The van der Waals surface area contributed by atoms with Crippen LogP contribution in [0, 0.1) is 5.82 Å². The third-order valence-corrected chi connectivity index (χ3v) is 6.80. The van der Waals surface area contributed by atoms with Crippen molar-refractivity contribution in [1.82, 2.24) is 14.9 Å². The summed E-state index contributed by atoms with van der Waals surface area (Å²) < 4.78 is 15.9. The molecule has 0 aliphatic carbocycles. The van der Waals surface area contributed by atoms with Crippen LogP contribution in [-0.2, 0) is 0 Å². The highest BCUT2D eigenvalue weighted by Gasteiger charge is 2.42. The average Bonchev–Trinajstić information content (AvgIpc) is 3.45. The number of thiocarbonyl (C=S) groups is 1. The minimum atomic E-state index is -0.443. The van der Waals surface area contributed by atoms with Gasteiger partial charge < -0.3 is 14.8 Å². The standard InChI is InChI=1S/C27H24ClFN4S/c1-17(2)18-8-10-19(11-9-18)33-26(25(31-27(33)34)23-6-3-4-14-30-23)24-7-5-15-32(24)20-12-13-22(29)21(28)16-20/h3-17,25-26H,1-2H3,(H,31,34)/t25-,26+/m1/s1. The molecule has 1 fully saturated rings. The van der Waals surface area contributed by atoms with Gasteiger partial charge in [-0.1, -0.05) is 43.6 Å². The molecule has 2 aromatic heterocycles. The van der Waals surface area contributed by atoms with Crippen molar-refractivity contribution in [3.8, 4) is 5.69 Å². The maximum Gasteiger partial charge on any atom is 0.174 e. The number of hydrogen-bond donors (Lipinski definition) is 1. The van der Waals surface area contributed by atoms with Gasteiger partial charge in [-0.05, 0) is 78.3 Å². The fourth-order valence-electron chi connectivity index (χ4n) is 4.46. The summed E-state index contributed by atoms with van der Waals surface area (Å²) in [4.78, 5) is 6.75. The molecule has 2 atom stereocenters. The Morgan fingerprint density at radius 2 is 1.76 bits per heavy atom. The highest BCUT2D eigenvalue weighted by atomic mass is 35.5. The summed E-state index contributed by atoms with van der Waals surface area (Å²) in [5, 5.41) is 4.20. The molecule has 3 heterocycles.